The first-order chi connectivity index (χ1) is 14.8. The predicted molar refractivity (Wildman–Crippen MR) is 108 cm³/mol. The van der Waals surface area contributed by atoms with Crippen molar-refractivity contribution in [3.8, 4) is 45.8 Å². The molecule has 5 N–H and O–H groups in total. The highest BCUT2D eigenvalue weighted by Gasteiger charge is 2.25. The summed E-state index contributed by atoms with van der Waals surface area (Å²) in [5, 5.41) is 48.8. The Balaban J connectivity index is 1.98. The van der Waals surface area contributed by atoms with E-state index in [1.54, 1.807) is 0 Å². The Hall–Kier alpha value is -4.66. The van der Waals surface area contributed by atoms with Gasteiger partial charge in [0.05, 0.1) is 0 Å². The van der Waals surface area contributed by atoms with Crippen LogP contribution >= 0.6 is 0 Å². The van der Waals surface area contributed by atoms with Gasteiger partial charge in [0, 0.05) is 17.7 Å². The topological polar surface area (TPSA) is 158 Å². The molecule has 31 heavy (non-hydrogen) atoms. The van der Waals surface area contributed by atoms with Crippen molar-refractivity contribution in [2.75, 3.05) is 0 Å². The molecular weight excluding hydrogens is 408 g/mol. The van der Waals surface area contributed by atoms with Crippen molar-refractivity contribution >= 4 is 16.9 Å². The molecule has 0 saturated carbocycles. The smallest absolute Gasteiger partial charge is 0.347 e. The van der Waals surface area contributed by atoms with Crippen molar-refractivity contribution in [3.05, 3.63) is 70.4 Å². The molecule has 0 spiro atoms. The fourth-order valence-electron chi connectivity index (χ4n) is 3.01. The molecule has 0 bridgehead atoms. The number of hydrogen-bond donors (Lipinski definition) is 5. The van der Waals surface area contributed by atoms with Crippen LogP contribution in [0.25, 0.3) is 22.3 Å². The van der Waals surface area contributed by atoms with Crippen molar-refractivity contribution in [2.45, 2.75) is 0 Å². The van der Waals surface area contributed by atoms with E-state index in [1.165, 1.54) is 30.3 Å². The van der Waals surface area contributed by atoms with Gasteiger partial charge in [-0.25, -0.2) is 4.79 Å². The highest BCUT2D eigenvalue weighted by Crippen LogP contribution is 2.38. The Bertz CT molecular complexity index is 1400. The molecule has 9 nitrogen and oxygen atoms in total. The number of phenols is 5. The summed E-state index contributed by atoms with van der Waals surface area (Å²) < 4.78 is 10.9. The monoisotopic (exact) mass is 422 g/mol. The Morgan fingerprint density at radius 3 is 2.26 bits per heavy atom. The van der Waals surface area contributed by atoms with E-state index < -0.39 is 34.4 Å². The number of carbonyl (C=O) groups is 1. The minimum Gasteiger partial charge on any atom is -0.508 e. The van der Waals surface area contributed by atoms with E-state index in [4.69, 9.17) is 9.15 Å². The molecule has 1 aromatic heterocycles. The second kappa shape index (κ2) is 7.30. The highest BCUT2D eigenvalue weighted by molar-refractivity contribution is 5.96. The number of fused-ring (bicyclic) bond motifs is 1. The van der Waals surface area contributed by atoms with Gasteiger partial charge < -0.3 is 34.7 Å². The van der Waals surface area contributed by atoms with Gasteiger partial charge in [-0.3, -0.25) is 4.79 Å². The molecule has 1 heterocycles. The number of phenolic OH excluding ortho intramolecular Hbond substituents is 5. The van der Waals surface area contributed by atoms with E-state index in [0.717, 1.165) is 24.3 Å². The number of carbonyl (C=O) groups excluding carboxylic acids is 1. The summed E-state index contributed by atoms with van der Waals surface area (Å²) in [7, 11) is 0. The number of hydrogen-bond acceptors (Lipinski definition) is 9. The normalized spacial score (nSPS) is 10.8. The van der Waals surface area contributed by atoms with E-state index >= 15 is 0 Å². The average molecular weight is 422 g/mol. The number of aromatic hydroxyl groups is 5. The van der Waals surface area contributed by atoms with Gasteiger partial charge in [0.1, 0.15) is 33.8 Å². The summed E-state index contributed by atoms with van der Waals surface area (Å²) in [5.74, 6) is -4.36. The van der Waals surface area contributed by atoms with E-state index in [-0.39, 0.29) is 39.4 Å². The lowest BCUT2D eigenvalue weighted by Gasteiger charge is -2.12. The van der Waals surface area contributed by atoms with E-state index in [0.29, 0.717) is 0 Å². The quantitative estimate of drug-likeness (QED) is 0.247. The molecule has 0 unspecified atom stereocenters. The maximum absolute atomic E-state index is 13.1. The van der Waals surface area contributed by atoms with Crippen molar-refractivity contribution < 1.29 is 39.5 Å². The lowest BCUT2D eigenvalue weighted by Crippen LogP contribution is -2.16. The minimum atomic E-state index is -1.08. The Labute approximate surface area is 173 Å². The average Bonchev–Trinajstić information content (AvgIpc) is 2.71. The van der Waals surface area contributed by atoms with Gasteiger partial charge in [-0.2, -0.15) is 0 Å². The minimum absolute atomic E-state index is 0.0530. The summed E-state index contributed by atoms with van der Waals surface area (Å²) >= 11 is 0. The molecule has 0 aliphatic rings. The maximum Gasteiger partial charge on any atom is 0.347 e. The van der Waals surface area contributed by atoms with Crippen LogP contribution in [0.4, 0.5) is 0 Å². The molecule has 4 rings (SSSR count). The van der Waals surface area contributed by atoms with E-state index in [2.05, 4.69) is 0 Å². The number of benzene rings is 3. The van der Waals surface area contributed by atoms with Crippen LogP contribution in [-0.4, -0.2) is 31.5 Å². The molecule has 4 aromatic rings. The van der Waals surface area contributed by atoms with Crippen molar-refractivity contribution in [3.63, 3.8) is 0 Å². The van der Waals surface area contributed by atoms with Crippen LogP contribution in [0, 0.1) is 0 Å². The van der Waals surface area contributed by atoms with Gasteiger partial charge in [-0.05, 0) is 30.3 Å². The first-order valence-corrected chi connectivity index (χ1v) is 8.81. The van der Waals surface area contributed by atoms with Gasteiger partial charge in [-0.15, -0.1) is 0 Å². The predicted octanol–water partition coefficient (Wildman–Crippen LogP) is 3.21. The number of rotatable bonds is 3. The van der Waals surface area contributed by atoms with Crippen molar-refractivity contribution in [1.82, 2.24) is 0 Å². The SMILES string of the molecule is O=C(Oc1c(-c2ccc(O)c(O)c2)oc2cc(O)cc(O)c2c1=O)c1ccccc1O. The Morgan fingerprint density at radius 2 is 1.55 bits per heavy atom. The van der Waals surface area contributed by atoms with Crippen LogP contribution in [0.2, 0.25) is 0 Å². The second-order valence-corrected chi connectivity index (χ2v) is 6.54. The standard InChI is InChI=1S/C22H14O9/c23-11-8-16(27)18-17(9-11)30-20(10-5-6-14(25)15(26)7-10)21(19(18)28)31-22(29)12-3-1-2-4-13(12)24/h1-9,23-27H. The molecule has 0 saturated heterocycles. The van der Waals surface area contributed by atoms with E-state index in [1.807, 2.05) is 0 Å². The largest absolute Gasteiger partial charge is 0.508 e. The zero-order chi connectivity index (χ0) is 22.3. The zero-order valence-electron chi connectivity index (χ0n) is 15.6. The molecule has 0 aliphatic heterocycles. The zero-order valence-corrected chi connectivity index (χ0v) is 15.6. The third-order valence-corrected chi connectivity index (χ3v) is 4.47. The van der Waals surface area contributed by atoms with Gasteiger partial charge >= 0.3 is 5.97 Å². The number of para-hydroxylation sites is 1. The summed E-state index contributed by atoms with van der Waals surface area (Å²) in [6.45, 7) is 0. The van der Waals surface area contributed by atoms with Gasteiger partial charge in [0.15, 0.2) is 17.3 Å². The maximum atomic E-state index is 13.1. The first-order valence-electron chi connectivity index (χ1n) is 8.81. The summed E-state index contributed by atoms with van der Waals surface area (Å²) in [6.07, 6.45) is 0. The lowest BCUT2D eigenvalue weighted by molar-refractivity contribution is 0.0728. The van der Waals surface area contributed by atoms with Crippen LogP contribution in [-0.2, 0) is 0 Å². The van der Waals surface area contributed by atoms with Crippen molar-refractivity contribution in [1.29, 1.82) is 0 Å². The molecule has 0 amide bonds. The number of esters is 1. The molecule has 3 aromatic carbocycles. The third-order valence-electron chi connectivity index (χ3n) is 4.47. The molecule has 156 valence electrons. The molecule has 0 aliphatic carbocycles. The first kappa shape index (κ1) is 19.6. The fourth-order valence-corrected chi connectivity index (χ4v) is 3.01. The second-order valence-electron chi connectivity index (χ2n) is 6.54. The number of ether oxygens (including phenoxy) is 1. The molecule has 9 heteroatoms. The lowest BCUT2D eigenvalue weighted by atomic mass is 10.1. The van der Waals surface area contributed by atoms with Crippen LogP contribution in [0.3, 0.4) is 0 Å². The van der Waals surface area contributed by atoms with Crippen LogP contribution in [0.15, 0.2) is 63.8 Å². The van der Waals surface area contributed by atoms with Crippen LogP contribution in [0.1, 0.15) is 10.4 Å². The van der Waals surface area contributed by atoms with Crippen LogP contribution < -0.4 is 10.2 Å². The van der Waals surface area contributed by atoms with Crippen LogP contribution in [0.5, 0.6) is 34.5 Å². The van der Waals surface area contributed by atoms with Gasteiger partial charge in [-0.1, -0.05) is 12.1 Å². The summed E-state index contributed by atoms with van der Waals surface area (Å²) in [4.78, 5) is 25.7. The van der Waals surface area contributed by atoms with Gasteiger partial charge in [0.25, 0.3) is 0 Å². The summed E-state index contributed by atoms with van der Waals surface area (Å²) in [5.41, 5.74) is -1.33. The third kappa shape index (κ3) is 3.44. The Morgan fingerprint density at radius 1 is 0.806 bits per heavy atom. The van der Waals surface area contributed by atoms with Gasteiger partial charge in [0.2, 0.25) is 11.2 Å². The molecule has 0 atom stereocenters. The van der Waals surface area contributed by atoms with E-state index in [9.17, 15) is 35.1 Å². The molecule has 0 radical (unpaired) electrons. The van der Waals surface area contributed by atoms with Crippen molar-refractivity contribution in [2.24, 2.45) is 0 Å². The Kier molecular flexibility index (Phi) is 4.63. The summed E-state index contributed by atoms with van der Waals surface area (Å²) in [6, 6.07) is 11.0. The molecular formula is C22H14O9. The highest BCUT2D eigenvalue weighted by atomic mass is 16.5. The molecule has 0 fully saturated rings. The fraction of sp³-hybridized carbons (Fsp3) is 0.